The minimum Gasteiger partial charge on any atom is -0.378 e. The molecule has 0 radical (unpaired) electrons. The molecular weight excluding hydrogens is 313 g/mol. The van der Waals surface area contributed by atoms with Gasteiger partial charge < -0.3 is 10.5 Å². The highest BCUT2D eigenvalue weighted by molar-refractivity contribution is 14.1. The van der Waals surface area contributed by atoms with Gasteiger partial charge in [-0.05, 0) is 66.0 Å². The van der Waals surface area contributed by atoms with E-state index in [0.29, 0.717) is 6.10 Å². The molecule has 1 aromatic rings. The Balaban J connectivity index is 1.81. The van der Waals surface area contributed by atoms with E-state index in [-0.39, 0.29) is 6.04 Å². The normalized spacial score (nSPS) is 22.2. The highest BCUT2D eigenvalue weighted by Gasteiger charge is 2.18. The lowest BCUT2D eigenvalue weighted by molar-refractivity contribution is 0.0983. The van der Waals surface area contributed by atoms with Crippen LogP contribution in [0, 0.1) is 3.57 Å². The number of hydrogen-bond donors (Lipinski definition) is 1. The fourth-order valence-corrected chi connectivity index (χ4v) is 2.53. The fraction of sp³-hybridized carbons (Fsp3) is 0.538. The largest absolute Gasteiger partial charge is 0.378 e. The molecule has 2 atom stereocenters. The van der Waals surface area contributed by atoms with E-state index in [1.807, 2.05) is 0 Å². The third-order valence-corrected chi connectivity index (χ3v) is 3.72. The van der Waals surface area contributed by atoms with Gasteiger partial charge in [0.2, 0.25) is 0 Å². The fourth-order valence-electron chi connectivity index (χ4n) is 2.17. The molecule has 0 spiro atoms. The van der Waals surface area contributed by atoms with E-state index in [2.05, 4.69) is 46.9 Å². The van der Waals surface area contributed by atoms with Crippen molar-refractivity contribution in [2.75, 3.05) is 6.61 Å². The van der Waals surface area contributed by atoms with Crippen LogP contribution in [0.3, 0.4) is 0 Å². The molecule has 0 amide bonds. The van der Waals surface area contributed by atoms with Crippen LogP contribution in [0.25, 0.3) is 0 Å². The Kier molecular flexibility index (Phi) is 4.61. The average Bonchev–Trinajstić information content (AvgIpc) is 2.74. The van der Waals surface area contributed by atoms with Crippen LogP contribution in [0.2, 0.25) is 0 Å². The first kappa shape index (κ1) is 12.3. The number of rotatable bonds is 4. The molecule has 88 valence electrons. The second kappa shape index (κ2) is 5.98. The van der Waals surface area contributed by atoms with Gasteiger partial charge in [0, 0.05) is 16.2 Å². The van der Waals surface area contributed by atoms with Crippen molar-refractivity contribution in [3.8, 4) is 0 Å². The second-order valence-corrected chi connectivity index (χ2v) is 5.71. The summed E-state index contributed by atoms with van der Waals surface area (Å²) in [6.45, 7) is 0.918. The van der Waals surface area contributed by atoms with Crippen molar-refractivity contribution in [1.82, 2.24) is 0 Å². The van der Waals surface area contributed by atoms with Crippen LogP contribution in [0.15, 0.2) is 24.3 Å². The molecule has 0 aromatic heterocycles. The molecule has 1 aromatic carbocycles. The summed E-state index contributed by atoms with van der Waals surface area (Å²) in [7, 11) is 0. The van der Waals surface area contributed by atoms with Gasteiger partial charge in [-0.25, -0.2) is 0 Å². The lowest BCUT2D eigenvalue weighted by atomic mass is 10.0. The van der Waals surface area contributed by atoms with Crippen molar-refractivity contribution in [3.63, 3.8) is 0 Å². The van der Waals surface area contributed by atoms with E-state index in [1.54, 1.807) is 0 Å². The van der Waals surface area contributed by atoms with Crippen LogP contribution in [-0.4, -0.2) is 18.8 Å². The zero-order valence-corrected chi connectivity index (χ0v) is 11.5. The first-order valence-corrected chi connectivity index (χ1v) is 6.93. The van der Waals surface area contributed by atoms with Gasteiger partial charge in [0.05, 0.1) is 6.10 Å². The molecule has 2 N–H and O–H groups in total. The maximum atomic E-state index is 6.14. The molecule has 1 saturated heterocycles. The number of hydrogen-bond acceptors (Lipinski definition) is 2. The zero-order valence-electron chi connectivity index (χ0n) is 9.36. The standard InChI is InChI=1S/C13H18INO/c14-11-5-3-10(4-6-11)8-12(15)9-13-2-1-7-16-13/h3-6,12-13H,1-2,7-9,15H2. The van der Waals surface area contributed by atoms with Crippen molar-refractivity contribution >= 4 is 22.6 Å². The number of ether oxygens (including phenoxy) is 1. The van der Waals surface area contributed by atoms with E-state index < -0.39 is 0 Å². The van der Waals surface area contributed by atoms with Crippen LogP contribution in [0.4, 0.5) is 0 Å². The van der Waals surface area contributed by atoms with E-state index in [9.17, 15) is 0 Å². The minimum atomic E-state index is 0.225. The molecule has 2 unspecified atom stereocenters. The average molecular weight is 331 g/mol. The Morgan fingerprint density at radius 2 is 2.12 bits per heavy atom. The third kappa shape index (κ3) is 3.71. The Labute approximate surface area is 111 Å². The van der Waals surface area contributed by atoms with Crippen LogP contribution in [0.5, 0.6) is 0 Å². The molecule has 3 heteroatoms. The predicted molar refractivity (Wildman–Crippen MR) is 74.4 cm³/mol. The molecule has 0 bridgehead atoms. The molecule has 0 aliphatic carbocycles. The number of benzene rings is 1. The van der Waals surface area contributed by atoms with Crippen molar-refractivity contribution < 1.29 is 4.74 Å². The van der Waals surface area contributed by atoms with Gasteiger partial charge in [0.15, 0.2) is 0 Å². The molecule has 2 nitrogen and oxygen atoms in total. The molecule has 1 heterocycles. The zero-order chi connectivity index (χ0) is 11.4. The molecule has 2 rings (SSSR count). The molecule has 1 aliphatic heterocycles. The number of nitrogens with two attached hydrogens (primary N) is 1. The first-order valence-electron chi connectivity index (χ1n) is 5.85. The van der Waals surface area contributed by atoms with Crippen molar-refractivity contribution in [2.45, 2.75) is 37.8 Å². The van der Waals surface area contributed by atoms with Crippen molar-refractivity contribution in [3.05, 3.63) is 33.4 Å². The van der Waals surface area contributed by atoms with Crippen LogP contribution >= 0.6 is 22.6 Å². The summed E-state index contributed by atoms with van der Waals surface area (Å²) in [6.07, 6.45) is 4.73. The third-order valence-electron chi connectivity index (χ3n) is 3.00. The summed E-state index contributed by atoms with van der Waals surface area (Å²) in [5.74, 6) is 0. The summed E-state index contributed by atoms with van der Waals surface area (Å²) in [5, 5.41) is 0. The summed E-state index contributed by atoms with van der Waals surface area (Å²) in [6, 6.07) is 8.82. The van der Waals surface area contributed by atoms with Crippen molar-refractivity contribution in [1.29, 1.82) is 0 Å². The summed E-state index contributed by atoms with van der Waals surface area (Å²) in [5.41, 5.74) is 7.47. The smallest absolute Gasteiger partial charge is 0.0590 e. The van der Waals surface area contributed by atoms with Gasteiger partial charge in [0.25, 0.3) is 0 Å². The Hall–Kier alpha value is -0.130. The van der Waals surface area contributed by atoms with Crippen LogP contribution in [0.1, 0.15) is 24.8 Å². The van der Waals surface area contributed by atoms with E-state index in [0.717, 1.165) is 19.4 Å². The molecule has 16 heavy (non-hydrogen) atoms. The van der Waals surface area contributed by atoms with Gasteiger partial charge in [-0.3, -0.25) is 0 Å². The van der Waals surface area contributed by atoms with Crippen LogP contribution < -0.4 is 5.73 Å². The highest BCUT2D eigenvalue weighted by atomic mass is 127. The monoisotopic (exact) mass is 331 g/mol. The topological polar surface area (TPSA) is 35.2 Å². The van der Waals surface area contributed by atoms with Gasteiger partial charge >= 0.3 is 0 Å². The Bertz CT molecular complexity index is 319. The lowest BCUT2D eigenvalue weighted by Crippen LogP contribution is -2.28. The molecule has 1 fully saturated rings. The van der Waals surface area contributed by atoms with Crippen molar-refractivity contribution in [2.24, 2.45) is 5.73 Å². The summed E-state index contributed by atoms with van der Waals surface area (Å²) >= 11 is 2.32. The van der Waals surface area contributed by atoms with Gasteiger partial charge in [-0.1, -0.05) is 12.1 Å². The number of halogens is 1. The van der Waals surface area contributed by atoms with Crippen LogP contribution in [-0.2, 0) is 11.2 Å². The van der Waals surface area contributed by atoms with E-state index in [1.165, 1.54) is 22.0 Å². The first-order chi connectivity index (χ1) is 7.74. The lowest BCUT2D eigenvalue weighted by Gasteiger charge is -2.16. The maximum Gasteiger partial charge on any atom is 0.0590 e. The SMILES string of the molecule is NC(Cc1ccc(I)cc1)CC1CCCO1. The van der Waals surface area contributed by atoms with E-state index >= 15 is 0 Å². The summed E-state index contributed by atoms with van der Waals surface area (Å²) in [4.78, 5) is 0. The predicted octanol–water partition coefficient (Wildman–Crippen LogP) is 2.73. The quantitative estimate of drug-likeness (QED) is 0.861. The van der Waals surface area contributed by atoms with Gasteiger partial charge in [-0.15, -0.1) is 0 Å². The highest BCUT2D eigenvalue weighted by Crippen LogP contribution is 2.18. The molecule has 0 saturated carbocycles. The maximum absolute atomic E-state index is 6.14. The van der Waals surface area contributed by atoms with Gasteiger partial charge in [-0.2, -0.15) is 0 Å². The Morgan fingerprint density at radius 1 is 1.38 bits per heavy atom. The molecular formula is C13H18INO. The second-order valence-electron chi connectivity index (χ2n) is 4.46. The molecule has 1 aliphatic rings. The minimum absolute atomic E-state index is 0.225. The van der Waals surface area contributed by atoms with E-state index in [4.69, 9.17) is 10.5 Å². The Morgan fingerprint density at radius 3 is 2.75 bits per heavy atom. The van der Waals surface area contributed by atoms with Gasteiger partial charge in [0.1, 0.15) is 0 Å². The summed E-state index contributed by atoms with van der Waals surface area (Å²) < 4.78 is 6.87.